The Balaban J connectivity index is 0. The molecule has 0 aliphatic rings. The zero-order valence-corrected chi connectivity index (χ0v) is 12.5. The topological polar surface area (TPSA) is 58.6 Å². The molecular formula is C13H29NO4. The molecule has 0 saturated heterocycles. The minimum absolute atomic E-state index is 0.319. The van der Waals surface area contributed by atoms with Gasteiger partial charge in [0.2, 0.25) is 0 Å². The molecular weight excluding hydrogens is 234 g/mol. The lowest BCUT2D eigenvalue weighted by Crippen LogP contribution is -2.47. The van der Waals surface area contributed by atoms with Gasteiger partial charge in [0.1, 0.15) is 6.54 Å². The number of rotatable bonds is 9. The van der Waals surface area contributed by atoms with Crippen LogP contribution in [0.5, 0.6) is 0 Å². The average molecular weight is 263 g/mol. The average Bonchev–Trinajstić information content (AvgIpc) is 2.28. The van der Waals surface area contributed by atoms with E-state index in [1.165, 1.54) is 37.5 Å². The number of nitrogens with zero attached hydrogens (tertiary/aromatic N) is 1. The predicted molar refractivity (Wildman–Crippen MR) is 70.1 cm³/mol. The number of ether oxygens (including phenoxy) is 2. The molecule has 0 amide bonds. The molecule has 0 N–H and O–H groups in total. The molecule has 5 heteroatoms. The van der Waals surface area contributed by atoms with Gasteiger partial charge in [-0.25, -0.2) is 0 Å². The summed E-state index contributed by atoms with van der Waals surface area (Å²) in [6.45, 7) is 8.76. The third kappa shape index (κ3) is 13.4. The van der Waals surface area contributed by atoms with Gasteiger partial charge >= 0.3 is 0 Å². The lowest BCUT2D eigenvalue weighted by molar-refractivity contribution is -0.910. The Kier molecular flexibility index (Phi) is 14.0. The van der Waals surface area contributed by atoms with Gasteiger partial charge in [-0.05, 0) is 12.8 Å². The van der Waals surface area contributed by atoms with Crippen LogP contribution in [-0.4, -0.2) is 64.6 Å². The first-order valence-electron chi connectivity index (χ1n) is 6.47. The van der Waals surface area contributed by atoms with Crippen molar-refractivity contribution in [2.45, 2.75) is 26.7 Å². The summed E-state index contributed by atoms with van der Waals surface area (Å²) in [5.74, 6) is -1.18. The number of hydrogen-bond donors (Lipinski definition) is 0. The van der Waals surface area contributed by atoms with E-state index < -0.39 is 5.97 Å². The zero-order chi connectivity index (χ0) is 14.4. The SMILES string of the molecule is CCC[N+](C)(CCC)CCOC.COCC(=O)[O-]. The summed E-state index contributed by atoms with van der Waals surface area (Å²) in [4.78, 5) is 9.36. The Morgan fingerprint density at radius 3 is 1.78 bits per heavy atom. The highest BCUT2D eigenvalue weighted by atomic mass is 16.5. The maximum Gasteiger partial charge on any atom is 0.102 e. The van der Waals surface area contributed by atoms with Crippen LogP contribution in [0, 0.1) is 0 Å². The minimum Gasteiger partial charge on any atom is -0.548 e. The summed E-state index contributed by atoms with van der Waals surface area (Å²) in [5.41, 5.74) is 0. The molecule has 0 aromatic rings. The number of carbonyl (C=O) groups excluding carboxylic acids is 1. The van der Waals surface area contributed by atoms with Gasteiger partial charge in [0.05, 0.1) is 39.3 Å². The number of carboxylic acids is 1. The molecule has 0 unspecified atom stereocenters. The third-order valence-electron chi connectivity index (χ3n) is 2.62. The van der Waals surface area contributed by atoms with Crippen molar-refractivity contribution in [2.24, 2.45) is 0 Å². The maximum absolute atomic E-state index is 9.36. The molecule has 0 bridgehead atoms. The van der Waals surface area contributed by atoms with Crippen molar-refractivity contribution in [2.75, 3.05) is 54.1 Å². The molecule has 0 aliphatic carbocycles. The van der Waals surface area contributed by atoms with E-state index in [4.69, 9.17) is 4.74 Å². The van der Waals surface area contributed by atoms with Crippen LogP contribution in [0.3, 0.4) is 0 Å². The lowest BCUT2D eigenvalue weighted by Gasteiger charge is -2.33. The largest absolute Gasteiger partial charge is 0.548 e. The zero-order valence-electron chi connectivity index (χ0n) is 12.5. The highest BCUT2D eigenvalue weighted by Crippen LogP contribution is 2.05. The fourth-order valence-electron chi connectivity index (χ4n) is 1.84. The van der Waals surface area contributed by atoms with Crippen LogP contribution < -0.4 is 5.11 Å². The molecule has 110 valence electrons. The summed E-state index contributed by atoms with van der Waals surface area (Å²) in [7, 11) is 5.41. The summed E-state index contributed by atoms with van der Waals surface area (Å²) in [6, 6.07) is 0. The minimum atomic E-state index is -1.18. The lowest BCUT2D eigenvalue weighted by atomic mass is 10.3. The highest BCUT2D eigenvalue weighted by molar-refractivity contribution is 5.65. The first-order valence-corrected chi connectivity index (χ1v) is 6.47. The van der Waals surface area contributed by atoms with Crippen molar-refractivity contribution in [3.63, 3.8) is 0 Å². The van der Waals surface area contributed by atoms with E-state index >= 15 is 0 Å². The van der Waals surface area contributed by atoms with Crippen molar-refractivity contribution in [1.82, 2.24) is 0 Å². The standard InChI is InChI=1S/C10H24NO.C3H6O3/c1-5-7-11(3,8-6-2)9-10-12-4;1-6-2-3(4)5/h5-10H2,1-4H3;2H2,1H3,(H,4,5)/q+1;/p-1. The van der Waals surface area contributed by atoms with Gasteiger partial charge in [0.15, 0.2) is 0 Å². The van der Waals surface area contributed by atoms with Gasteiger partial charge in [-0.3, -0.25) is 0 Å². The molecule has 0 spiro atoms. The van der Waals surface area contributed by atoms with Crippen LogP contribution >= 0.6 is 0 Å². The molecule has 0 heterocycles. The quantitative estimate of drug-likeness (QED) is 0.561. The Morgan fingerprint density at radius 1 is 1.06 bits per heavy atom. The number of aliphatic carboxylic acids is 1. The normalized spacial score (nSPS) is 10.7. The van der Waals surface area contributed by atoms with Crippen molar-refractivity contribution < 1.29 is 23.9 Å². The first-order chi connectivity index (χ1) is 8.45. The van der Waals surface area contributed by atoms with Crippen LogP contribution in [0.25, 0.3) is 0 Å². The monoisotopic (exact) mass is 263 g/mol. The van der Waals surface area contributed by atoms with E-state index in [-0.39, 0.29) is 6.61 Å². The molecule has 0 rings (SSSR count). The fraction of sp³-hybridized carbons (Fsp3) is 0.923. The second-order valence-corrected chi connectivity index (χ2v) is 4.59. The molecule has 0 atom stereocenters. The number of likely N-dealkylation sites (N-methyl/N-ethyl adjacent to an activating group) is 1. The molecule has 0 radical (unpaired) electrons. The molecule has 0 saturated carbocycles. The smallest absolute Gasteiger partial charge is 0.102 e. The number of methoxy groups -OCH3 is 2. The number of carboxylic acid groups (broad SMARTS) is 1. The fourth-order valence-corrected chi connectivity index (χ4v) is 1.84. The van der Waals surface area contributed by atoms with Gasteiger partial charge in [-0.15, -0.1) is 0 Å². The maximum atomic E-state index is 9.36. The third-order valence-corrected chi connectivity index (χ3v) is 2.62. The molecule has 0 aliphatic heterocycles. The van der Waals surface area contributed by atoms with Gasteiger partial charge in [-0.2, -0.15) is 0 Å². The Bertz CT molecular complexity index is 191. The van der Waals surface area contributed by atoms with Crippen molar-refractivity contribution >= 4 is 5.97 Å². The summed E-state index contributed by atoms with van der Waals surface area (Å²) in [5, 5.41) is 9.36. The van der Waals surface area contributed by atoms with Gasteiger partial charge in [-0.1, -0.05) is 13.8 Å². The second-order valence-electron chi connectivity index (χ2n) is 4.59. The Labute approximate surface area is 111 Å². The van der Waals surface area contributed by atoms with E-state index in [1.807, 2.05) is 0 Å². The van der Waals surface area contributed by atoms with E-state index in [0.29, 0.717) is 0 Å². The summed E-state index contributed by atoms with van der Waals surface area (Å²) < 4.78 is 10.4. The van der Waals surface area contributed by atoms with Gasteiger partial charge < -0.3 is 23.9 Å². The Hall–Kier alpha value is -0.650. The number of hydrogen-bond acceptors (Lipinski definition) is 4. The second kappa shape index (κ2) is 12.8. The van der Waals surface area contributed by atoms with Gasteiger partial charge in [0, 0.05) is 14.2 Å². The van der Waals surface area contributed by atoms with Crippen LogP contribution in [0.4, 0.5) is 0 Å². The Morgan fingerprint density at radius 2 is 1.56 bits per heavy atom. The van der Waals surface area contributed by atoms with E-state index in [9.17, 15) is 9.90 Å². The molecule has 5 nitrogen and oxygen atoms in total. The van der Waals surface area contributed by atoms with Crippen molar-refractivity contribution in [3.05, 3.63) is 0 Å². The van der Waals surface area contributed by atoms with Crippen LogP contribution in [-0.2, 0) is 14.3 Å². The first kappa shape index (κ1) is 19.7. The molecule has 0 fully saturated rings. The number of carbonyl (C=O) groups is 1. The van der Waals surface area contributed by atoms with Crippen LogP contribution in [0.2, 0.25) is 0 Å². The van der Waals surface area contributed by atoms with Crippen LogP contribution in [0.1, 0.15) is 26.7 Å². The highest BCUT2D eigenvalue weighted by Gasteiger charge is 2.18. The van der Waals surface area contributed by atoms with E-state index in [0.717, 1.165) is 13.2 Å². The molecule has 18 heavy (non-hydrogen) atoms. The number of quaternary nitrogens is 1. The van der Waals surface area contributed by atoms with Gasteiger partial charge in [0.25, 0.3) is 0 Å². The van der Waals surface area contributed by atoms with Crippen molar-refractivity contribution in [3.8, 4) is 0 Å². The summed E-state index contributed by atoms with van der Waals surface area (Å²) >= 11 is 0. The van der Waals surface area contributed by atoms with Crippen molar-refractivity contribution in [1.29, 1.82) is 0 Å². The van der Waals surface area contributed by atoms with Crippen LogP contribution in [0.15, 0.2) is 0 Å². The van der Waals surface area contributed by atoms with E-state index in [1.54, 1.807) is 7.11 Å². The molecule has 0 aromatic carbocycles. The summed E-state index contributed by atoms with van der Waals surface area (Å²) in [6.07, 6.45) is 2.53. The predicted octanol–water partition coefficient (Wildman–Crippen LogP) is 0.282. The van der Waals surface area contributed by atoms with E-state index in [2.05, 4.69) is 25.6 Å². The molecule has 0 aromatic heterocycles.